The molecule has 0 heterocycles. The summed E-state index contributed by atoms with van der Waals surface area (Å²) in [6.45, 7) is 6.78. The van der Waals surface area contributed by atoms with Gasteiger partial charge < -0.3 is 9.84 Å². The van der Waals surface area contributed by atoms with Gasteiger partial charge in [0.15, 0.2) is 0 Å². The van der Waals surface area contributed by atoms with Gasteiger partial charge in [-0.25, -0.2) is 0 Å². The van der Waals surface area contributed by atoms with Crippen molar-refractivity contribution in [1.29, 1.82) is 0 Å². The Bertz CT molecular complexity index is 489. The molecular weight excluding hydrogens is 264 g/mol. The lowest BCUT2D eigenvalue weighted by Gasteiger charge is -2.14. The van der Waals surface area contributed by atoms with Crippen LogP contribution in [0.1, 0.15) is 51.5 Å². The Morgan fingerprint density at radius 3 is 2.33 bits per heavy atom. The molecule has 0 radical (unpaired) electrons. The molecule has 0 bridgehead atoms. The first-order chi connectivity index (χ1) is 10.1. The molecule has 0 amide bonds. The molecule has 0 aliphatic carbocycles. The van der Waals surface area contributed by atoms with Crippen LogP contribution in [0.4, 0.5) is 0 Å². The normalized spacial score (nSPS) is 11.6. The minimum Gasteiger partial charge on any atom is -0.493 e. The quantitative estimate of drug-likeness (QED) is 0.733. The molecule has 1 atom stereocenters. The minimum absolute atomic E-state index is 0.0226. The molecule has 0 aliphatic rings. The average Bonchev–Trinajstić information content (AvgIpc) is 2.48. The second-order valence-corrected chi connectivity index (χ2v) is 5.11. The van der Waals surface area contributed by atoms with Crippen LogP contribution in [0.15, 0.2) is 24.3 Å². The Morgan fingerprint density at radius 1 is 1.24 bits per heavy atom. The molecule has 3 heteroatoms. The summed E-state index contributed by atoms with van der Waals surface area (Å²) in [7, 11) is 0. The first-order valence-corrected chi connectivity index (χ1v) is 7.47. The SMILES string of the molecule is CC#C[C@@H](CC(=O)O)c1ccc(OCC(CC)CC)cc1. The monoisotopic (exact) mass is 288 g/mol. The third-order valence-corrected chi connectivity index (χ3v) is 3.62. The van der Waals surface area contributed by atoms with E-state index in [1.807, 2.05) is 24.3 Å². The van der Waals surface area contributed by atoms with Gasteiger partial charge in [0.05, 0.1) is 18.9 Å². The van der Waals surface area contributed by atoms with Crippen molar-refractivity contribution in [3.63, 3.8) is 0 Å². The summed E-state index contributed by atoms with van der Waals surface area (Å²) in [5.41, 5.74) is 0.918. The van der Waals surface area contributed by atoms with Crippen molar-refractivity contribution < 1.29 is 14.6 Å². The largest absolute Gasteiger partial charge is 0.493 e. The van der Waals surface area contributed by atoms with Gasteiger partial charge in [-0.05, 0) is 30.5 Å². The van der Waals surface area contributed by atoms with Crippen LogP contribution in [-0.4, -0.2) is 17.7 Å². The first-order valence-electron chi connectivity index (χ1n) is 7.47. The predicted octanol–water partition coefficient (Wildman–Crippen LogP) is 4.08. The Kier molecular flexibility index (Phi) is 7.39. The maximum Gasteiger partial charge on any atom is 0.304 e. The number of benzene rings is 1. The highest BCUT2D eigenvalue weighted by molar-refractivity contribution is 5.69. The van der Waals surface area contributed by atoms with Crippen LogP contribution < -0.4 is 4.74 Å². The van der Waals surface area contributed by atoms with Gasteiger partial charge in [0.25, 0.3) is 0 Å². The van der Waals surface area contributed by atoms with E-state index in [1.165, 1.54) is 0 Å². The number of hydrogen-bond acceptors (Lipinski definition) is 2. The number of rotatable bonds is 8. The van der Waals surface area contributed by atoms with E-state index in [9.17, 15) is 4.79 Å². The summed E-state index contributed by atoms with van der Waals surface area (Å²) in [4.78, 5) is 10.9. The number of aliphatic carboxylic acids is 1. The van der Waals surface area contributed by atoms with E-state index in [2.05, 4.69) is 25.7 Å². The fourth-order valence-electron chi connectivity index (χ4n) is 2.14. The van der Waals surface area contributed by atoms with E-state index < -0.39 is 5.97 Å². The summed E-state index contributed by atoms with van der Waals surface area (Å²) >= 11 is 0. The molecule has 0 aliphatic heterocycles. The number of carbonyl (C=O) groups is 1. The number of ether oxygens (including phenoxy) is 1. The summed E-state index contributed by atoms with van der Waals surface area (Å²) < 4.78 is 5.77. The van der Waals surface area contributed by atoms with E-state index in [-0.39, 0.29) is 12.3 Å². The molecule has 0 saturated carbocycles. The Hall–Kier alpha value is -1.95. The summed E-state index contributed by atoms with van der Waals surface area (Å²) in [5.74, 6) is 6.05. The number of hydrogen-bond donors (Lipinski definition) is 1. The van der Waals surface area contributed by atoms with Gasteiger partial charge in [-0.1, -0.05) is 44.7 Å². The van der Waals surface area contributed by atoms with Gasteiger partial charge in [0, 0.05) is 0 Å². The fourth-order valence-corrected chi connectivity index (χ4v) is 2.14. The third-order valence-electron chi connectivity index (χ3n) is 3.62. The van der Waals surface area contributed by atoms with Crippen LogP contribution >= 0.6 is 0 Å². The van der Waals surface area contributed by atoms with Gasteiger partial charge in [0.2, 0.25) is 0 Å². The van der Waals surface area contributed by atoms with Crippen molar-refractivity contribution in [3.05, 3.63) is 29.8 Å². The zero-order valence-electron chi connectivity index (χ0n) is 13.1. The van der Waals surface area contributed by atoms with Crippen molar-refractivity contribution in [3.8, 4) is 17.6 Å². The molecule has 0 unspecified atom stereocenters. The van der Waals surface area contributed by atoms with E-state index in [1.54, 1.807) is 6.92 Å². The van der Waals surface area contributed by atoms with Crippen molar-refractivity contribution in [2.75, 3.05) is 6.61 Å². The van der Waals surface area contributed by atoms with Gasteiger partial charge in [-0.2, -0.15) is 0 Å². The molecular formula is C18H24O3. The molecule has 3 nitrogen and oxygen atoms in total. The molecule has 1 N–H and O–H groups in total. The van der Waals surface area contributed by atoms with E-state index in [0.717, 1.165) is 30.8 Å². The first kappa shape index (κ1) is 17.1. The molecule has 0 aromatic heterocycles. The van der Waals surface area contributed by atoms with Gasteiger partial charge in [-0.15, -0.1) is 5.92 Å². The smallest absolute Gasteiger partial charge is 0.304 e. The summed E-state index contributed by atoms with van der Waals surface area (Å²) in [6, 6.07) is 7.59. The second kappa shape index (κ2) is 9.07. The molecule has 1 rings (SSSR count). The highest BCUT2D eigenvalue weighted by Gasteiger charge is 2.13. The van der Waals surface area contributed by atoms with Crippen LogP contribution in [0.5, 0.6) is 5.75 Å². The van der Waals surface area contributed by atoms with Gasteiger partial charge in [-0.3, -0.25) is 4.79 Å². The van der Waals surface area contributed by atoms with Gasteiger partial charge in [0.1, 0.15) is 5.75 Å². The van der Waals surface area contributed by atoms with Crippen LogP contribution in [0.2, 0.25) is 0 Å². The lowest BCUT2D eigenvalue weighted by Crippen LogP contribution is -2.10. The minimum atomic E-state index is -0.836. The number of carboxylic acids is 1. The highest BCUT2D eigenvalue weighted by Crippen LogP contribution is 2.22. The van der Waals surface area contributed by atoms with Gasteiger partial charge >= 0.3 is 5.97 Å². The van der Waals surface area contributed by atoms with Crippen molar-refractivity contribution in [2.45, 2.75) is 46.0 Å². The Labute approximate surface area is 127 Å². The molecule has 21 heavy (non-hydrogen) atoms. The van der Waals surface area contributed by atoms with E-state index in [4.69, 9.17) is 9.84 Å². The van der Waals surface area contributed by atoms with Crippen molar-refractivity contribution in [2.24, 2.45) is 5.92 Å². The lowest BCUT2D eigenvalue weighted by molar-refractivity contribution is -0.137. The summed E-state index contributed by atoms with van der Waals surface area (Å²) in [6.07, 6.45) is 2.25. The lowest BCUT2D eigenvalue weighted by atomic mass is 9.96. The standard InChI is InChI=1S/C18H24O3/c1-4-7-16(12-18(19)20)15-8-10-17(11-9-15)21-13-14(5-2)6-3/h8-11,14,16H,5-6,12-13H2,1-3H3,(H,19,20)/t16-/m0/s1. The summed E-state index contributed by atoms with van der Waals surface area (Å²) in [5, 5.41) is 8.93. The topological polar surface area (TPSA) is 46.5 Å². The van der Waals surface area contributed by atoms with Crippen LogP contribution in [0.25, 0.3) is 0 Å². The molecule has 1 aromatic carbocycles. The molecule has 0 spiro atoms. The fraction of sp³-hybridized carbons (Fsp3) is 0.500. The van der Waals surface area contributed by atoms with Crippen LogP contribution in [-0.2, 0) is 4.79 Å². The predicted molar refractivity (Wildman–Crippen MR) is 84.5 cm³/mol. The third kappa shape index (κ3) is 5.91. The maximum atomic E-state index is 10.9. The van der Waals surface area contributed by atoms with Crippen molar-refractivity contribution >= 4 is 5.97 Å². The Morgan fingerprint density at radius 2 is 1.86 bits per heavy atom. The van der Waals surface area contributed by atoms with Crippen molar-refractivity contribution in [1.82, 2.24) is 0 Å². The second-order valence-electron chi connectivity index (χ2n) is 5.11. The molecule has 0 saturated heterocycles. The zero-order chi connectivity index (χ0) is 15.7. The Balaban J connectivity index is 2.70. The maximum absolute atomic E-state index is 10.9. The van der Waals surface area contributed by atoms with E-state index >= 15 is 0 Å². The highest BCUT2D eigenvalue weighted by atomic mass is 16.5. The zero-order valence-corrected chi connectivity index (χ0v) is 13.1. The molecule has 114 valence electrons. The van der Waals surface area contributed by atoms with Crippen LogP contribution in [0.3, 0.4) is 0 Å². The van der Waals surface area contributed by atoms with E-state index in [0.29, 0.717) is 5.92 Å². The van der Waals surface area contributed by atoms with Crippen LogP contribution in [0, 0.1) is 17.8 Å². The molecule has 1 aromatic rings. The average molecular weight is 288 g/mol. The molecule has 0 fully saturated rings. The number of carboxylic acid groups (broad SMARTS) is 1.